The molecule has 4 heteroatoms. The van der Waals surface area contributed by atoms with E-state index < -0.39 is 0 Å². The zero-order valence-corrected chi connectivity index (χ0v) is 12.7. The van der Waals surface area contributed by atoms with Crippen LogP contribution in [0.25, 0.3) is 0 Å². The van der Waals surface area contributed by atoms with Crippen molar-refractivity contribution in [1.29, 1.82) is 0 Å². The smallest absolute Gasteiger partial charge is 0.136 e. The van der Waals surface area contributed by atoms with Gasteiger partial charge in [-0.15, -0.1) is 0 Å². The Kier molecular flexibility index (Phi) is 5.80. The molecule has 0 amide bonds. The number of carbonyl (C=O) groups excluding carboxylic acids is 1. The van der Waals surface area contributed by atoms with Crippen LogP contribution >= 0.6 is 0 Å². The predicted octanol–water partition coefficient (Wildman–Crippen LogP) is 1.26. The largest absolute Gasteiger partial charge is 0.383 e. The maximum atomic E-state index is 11.7. The summed E-state index contributed by atoms with van der Waals surface area (Å²) in [7, 11) is 0. The fraction of sp³-hybridized carbons (Fsp3) is 0.688. The molecule has 1 saturated heterocycles. The Morgan fingerprint density at radius 3 is 2.50 bits per heavy atom. The van der Waals surface area contributed by atoms with E-state index >= 15 is 0 Å². The van der Waals surface area contributed by atoms with Crippen molar-refractivity contribution in [2.24, 2.45) is 5.92 Å². The summed E-state index contributed by atoms with van der Waals surface area (Å²) < 4.78 is 0. The minimum absolute atomic E-state index is 0.175. The van der Waals surface area contributed by atoms with Crippen molar-refractivity contribution < 1.29 is 4.79 Å². The van der Waals surface area contributed by atoms with Gasteiger partial charge in [-0.3, -0.25) is 9.69 Å². The number of nitrogens with zero attached hydrogens (tertiary/aromatic N) is 2. The average Bonchev–Trinajstić information content (AvgIpc) is 2.47. The van der Waals surface area contributed by atoms with Crippen molar-refractivity contribution >= 4 is 5.78 Å². The molecule has 0 bridgehead atoms. The lowest BCUT2D eigenvalue weighted by Crippen LogP contribution is -2.50. The number of nitrogens with one attached hydrogen (secondary N) is 1. The highest BCUT2D eigenvalue weighted by Gasteiger charge is 2.19. The monoisotopic (exact) mass is 277 g/mol. The number of rotatable bonds is 6. The molecule has 0 aliphatic carbocycles. The lowest BCUT2D eigenvalue weighted by Gasteiger charge is -2.36. The third kappa shape index (κ3) is 4.76. The number of carbonyl (C=O) groups is 1. The van der Waals surface area contributed by atoms with Crippen LogP contribution in [-0.2, 0) is 4.79 Å². The Morgan fingerprint density at radius 1 is 1.20 bits per heavy atom. The second-order valence-electron chi connectivity index (χ2n) is 6.03. The lowest BCUT2D eigenvalue weighted by atomic mass is 10.1. The Hall–Kier alpha value is -1.13. The van der Waals surface area contributed by atoms with E-state index in [2.05, 4.69) is 27.3 Å². The molecule has 0 radical (unpaired) electrons. The summed E-state index contributed by atoms with van der Waals surface area (Å²) in [4.78, 5) is 16.6. The first-order chi connectivity index (χ1) is 9.65. The van der Waals surface area contributed by atoms with E-state index in [-0.39, 0.29) is 5.92 Å². The molecule has 0 spiro atoms. The lowest BCUT2D eigenvalue weighted by molar-refractivity contribution is -0.122. The van der Waals surface area contributed by atoms with E-state index in [0.717, 1.165) is 39.3 Å². The zero-order chi connectivity index (χ0) is 14.4. The second kappa shape index (κ2) is 7.60. The summed E-state index contributed by atoms with van der Waals surface area (Å²) in [6.07, 6.45) is 9.07. The quantitative estimate of drug-likeness (QED) is 0.793. The number of Topliss-reactive ketones (excluding diaryl/α,β-unsaturated/α-hetero) is 1. The molecule has 0 aromatic rings. The van der Waals surface area contributed by atoms with Gasteiger partial charge >= 0.3 is 0 Å². The van der Waals surface area contributed by atoms with Crippen molar-refractivity contribution in [2.75, 3.05) is 39.3 Å². The van der Waals surface area contributed by atoms with E-state index in [0.29, 0.717) is 18.2 Å². The van der Waals surface area contributed by atoms with Crippen molar-refractivity contribution in [3.05, 3.63) is 24.4 Å². The van der Waals surface area contributed by atoms with Crippen LogP contribution in [0, 0.1) is 5.92 Å². The molecule has 2 rings (SSSR count). The van der Waals surface area contributed by atoms with Crippen LogP contribution in [0.2, 0.25) is 0 Å². The van der Waals surface area contributed by atoms with Crippen LogP contribution in [0.4, 0.5) is 0 Å². The third-order valence-electron chi connectivity index (χ3n) is 4.10. The van der Waals surface area contributed by atoms with Gasteiger partial charge in [0.25, 0.3) is 0 Å². The molecule has 0 aromatic carbocycles. The summed E-state index contributed by atoms with van der Waals surface area (Å²) in [6, 6.07) is 0.439. The molecular weight excluding hydrogens is 250 g/mol. The van der Waals surface area contributed by atoms with Crippen LogP contribution in [0.15, 0.2) is 24.4 Å². The van der Waals surface area contributed by atoms with Gasteiger partial charge in [0.1, 0.15) is 5.78 Å². The molecule has 2 heterocycles. The van der Waals surface area contributed by atoms with Crippen LogP contribution in [0.5, 0.6) is 0 Å². The molecular formula is C16H27N3O. The molecule has 2 aliphatic rings. The summed E-state index contributed by atoms with van der Waals surface area (Å²) in [6.45, 7) is 10.3. The number of hydrogen-bond acceptors (Lipinski definition) is 4. The van der Waals surface area contributed by atoms with E-state index in [1.807, 2.05) is 26.1 Å². The van der Waals surface area contributed by atoms with Crippen LogP contribution in [0.3, 0.4) is 0 Å². The van der Waals surface area contributed by atoms with Gasteiger partial charge in [-0.2, -0.15) is 0 Å². The highest BCUT2D eigenvalue weighted by atomic mass is 16.1. The van der Waals surface area contributed by atoms with Crippen LogP contribution in [0.1, 0.15) is 20.3 Å². The highest BCUT2D eigenvalue weighted by molar-refractivity contribution is 5.80. The molecule has 0 saturated carbocycles. The van der Waals surface area contributed by atoms with Crippen molar-refractivity contribution in [2.45, 2.75) is 26.3 Å². The Morgan fingerprint density at radius 2 is 1.90 bits per heavy atom. The number of hydrogen-bond donors (Lipinski definition) is 1. The maximum absolute atomic E-state index is 11.7. The normalized spacial score (nSPS) is 24.1. The van der Waals surface area contributed by atoms with Crippen molar-refractivity contribution in [1.82, 2.24) is 15.1 Å². The van der Waals surface area contributed by atoms with Crippen molar-refractivity contribution in [3.8, 4) is 0 Å². The summed E-state index contributed by atoms with van der Waals surface area (Å²) in [5.41, 5.74) is 0. The van der Waals surface area contributed by atoms with Gasteiger partial charge in [0.05, 0.1) is 6.04 Å². The fourth-order valence-electron chi connectivity index (χ4n) is 2.63. The first-order valence-electron chi connectivity index (χ1n) is 7.72. The van der Waals surface area contributed by atoms with Gasteiger partial charge in [0, 0.05) is 51.6 Å². The summed E-state index contributed by atoms with van der Waals surface area (Å²) in [5.74, 6) is 0.560. The standard InChI is InChI=1S/C16H27N3O/c1-14(2)16(20)6-8-18-9-11-19(12-10-18)13-15-5-3-4-7-17-15/h3-5,7,14-15,17H,6,8-13H2,1-2H3/t15-/m1/s1. The fourth-order valence-corrected chi connectivity index (χ4v) is 2.63. The minimum atomic E-state index is 0.175. The van der Waals surface area contributed by atoms with Crippen LogP contribution in [-0.4, -0.2) is 60.9 Å². The van der Waals surface area contributed by atoms with Gasteiger partial charge in [0.15, 0.2) is 0 Å². The SMILES string of the molecule is CC(C)C(=O)CCN1CCN(C[C@H]2C=CC=CN2)CC1. The molecule has 0 aromatic heterocycles. The van der Waals surface area contributed by atoms with E-state index in [4.69, 9.17) is 0 Å². The number of allylic oxidation sites excluding steroid dienone is 2. The molecule has 1 fully saturated rings. The minimum Gasteiger partial charge on any atom is -0.383 e. The van der Waals surface area contributed by atoms with Gasteiger partial charge in [-0.25, -0.2) is 0 Å². The molecule has 2 aliphatic heterocycles. The average molecular weight is 277 g/mol. The van der Waals surface area contributed by atoms with Crippen LogP contribution < -0.4 is 5.32 Å². The number of dihydropyridines is 1. The van der Waals surface area contributed by atoms with E-state index in [1.54, 1.807) is 0 Å². The Balaban J connectivity index is 1.63. The zero-order valence-electron chi connectivity index (χ0n) is 12.7. The van der Waals surface area contributed by atoms with E-state index in [1.165, 1.54) is 0 Å². The molecule has 1 N–H and O–H groups in total. The predicted molar refractivity (Wildman–Crippen MR) is 82.5 cm³/mol. The first kappa shape index (κ1) is 15.3. The number of piperazine rings is 1. The molecule has 4 nitrogen and oxygen atoms in total. The van der Waals surface area contributed by atoms with Crippen molar-refractivity contribution in [3.63, 3.8) is 0 Å². The second-order valence-corrected chi connectivity index (χ2v) is 6.03. The topological polar surface area (TPSA) is 35.6 Å². The molecule has 0 unspecified atom stereocenters. The highest BCUT2D eigenvalue weighted by Crippen LogP contribution is 2.07. The Bertz CT molecular complexity index is 368. The van der Waals surface area contributed by atoms with Gasteiger partial charge < -0.3 is 10.2 Å². The molecule has 112 valence electrons. The number of ketones is 1. The Labute approximate surface area is 122 Å². The molecule has 20 heavy (non-hydrogen) atoms. The third-order valence-corrected chi connectivity index (χ3v) is 4.10. The van der Waals surface area contributed by atoms with Gasteiger partial charge in [0.2, 0.25) is 0 Å². The van der Waals surface area contributed by atoms with Gasteiger partial charge in [-0.1, -0.05) is 26.0 Å². The van der Waals surface area contributed by atoms with Gasteiger partial charge in [-0.05, 0) is 12.3 Å². The maximum Gasteiger partial charge on any atom is 0.136 e. The van der Waals surface area contributed by atoms with E-state index in [9.17, 15) is 4.79 Å². The summed E-state index contributed by atoms with van der Waals surface area (Å²) in [5, 5.41) is 3.36. The summed E-state index contributed by atoms with van der Waals surface area (Å²) >= 11 is 0. The first-order valence-corrected chi connectivity index (χ1v) is 7.72. The molecule has 1 atom stereocenters.